The van der Waals surface area contributed by atoms with Crippen LogP contribution in [0, 0.1) is 0 Å². The Bertz CT molecular complexity index is 1100. The molecule has 2 unspecified atom stereocenters. The molecule has 0 saturated heterocycles. The van der Waals surface area contributed by atoms with E-state index in [1.54, 1.807) is 6.08 Å². The van der Waals surface area contributed by atoms with Gasteiger partial charge in [-0.2, -0.15) is 0 Å². The van der Waals surface area contributed by atoms with Gasteiger partial charge in [-0.15, -0.1) is 0 Å². The van der Waals surface area contributed by atoms with Crippen LogP contribution < -0.4 is 5.32 Å². The fraction of sp³-hybridized carbons (Fsp3) is 0.871. The highest BCUT2D eigenvalue weighted by Crippen LogP contribution is 2.16. The van der Waals surface area contributed by atoms with E-state index in [9.17, 15) is 19.8 Å². The van der Waals surface area contributed by atoms with Gasteiger partial charge in [-0.3, -0.25) is 9.59 Å². The highest BCUT2D eigenvalue weighted by molar-refractivity contribution is 5.76. The van der Waals surface area contributed by atoms with Crippen LogP contribution in [0.25, 0.3) is 0 Å². The number of rotatable bonds is 56. The zero-order valence-corrected chi connectivity index (χ0v) is 45.6. The second-order valence-corrected chi connectivity index (χ2v) is 20.7. The molecule has 0 fully saturated rings. The lowest BCUT2D eigenvalue weighted by Gasteiger charge is -2.20. The van der Waals surface area contributed by atoms with E-state index >= 15 is 0 Å². The van der Waals surface area contributed by atoms with Gasteiger partial charge in [0.25, 0.3) is 0 Å². The maximum Gasteiger partial charge on any atom is 0.305 e. The maximum atomic E-state index is 12.4. The van der Waals surface area contributed by atoms with Crippen LogP contribution in [0.1, 0.15) is 322 Å². The van der Waals surface area contributed by atoms with Crippen LogP contribution in [-0.2, 0) is 14.3 Å². The number of carbonyl (C=O) groups is 2. The Morgan fingerprint density at radius 3 is 1.04 bits per heavy atom. The summed E-state index contributed by atoms with van der Waals surface area (Å²) in [5, 5.41) is 23.0. The normalized spacial score (nSPS) is 12.8. The lowest BCUT2D eigenvalue weighted by Crippen LogP contribution is -2.45. The van der Waals surface area contributed by atoms with Crippen LogP contribution in [-0.4, -0.2) is 47.4 Å². The first-order valence-corrected chi connectivity index (χ1v) is 30.3. The molecule has 0 radical (unpaired) electrons. The number of amides is 1. The first-order valence-electron chi connectivity index (χ1n) is 30.3. The summed E-state index contributed by atoms with van der Waals surface area (Å²) in [4.78, 5) is 24.5. The maximum absolute atomic E-state index is 12.4. The number of aliphatic hydroxyl groups excluding tert-OH is 2. The molecule has 68 heavy (non-hydrogen) atoms. The first kappa shape index (κ1) is 66.1. The smallest absolute Gasteiger partial charge is 0.305 e. The molecule has 400 valence electrons. The molecule has 0 aliphatic rings. The minimum atomic E-state index is -0.848. The molecule has 0 heterocycles. The lowest BCUT2D eigenvalue weighted by atomic mass is 10.0. The largest absolute Gasteiger partial charge is 0.466 e. The molecule has 3 N–H and O–H groups in total. The monoisotopic (exact) mass is 956 g/mol. The van der Waals surface area contributed by atoms with Gasteiger partial charge in [0.05, 0.1) is 25.4 Å². The topological polar surface area (TPSA) is 95.9 Å². The minimum absolute atomic E-state index is 0.00451. The van der Waals surface area contributed by atoms with Crippen molar-refractivity contribution in [3.05, 3.63) is 36.5 Å². The zero-order chi connectivity index (χ0) is 49.3. The molecule has 6 nitrogen and oxygen atoms in total. The highest BCUT2D eigenvalue weighted by atomic mass is 16.5. The average molecular weight is 957 g/mol. The van der Waals surface area contributed by atoms with Crippen molar-refractivity contribution < 1.29 is 24.5 Å². The first-order chi connectivity index (χ1) is 33.5. The van der Waals surface area contributed by atoms with Crippen molar-refractivity contribution in [3.63, 3.8) is 0 Å². The summed E-state index contributed by atoms with van der Waals surface area (Å²) in [7, 11) is 0. The van der Waals surface area contributed by atoms with E-state index in [-0.39, 0.29) is 18.5 Å². The third-order valence-corrected chi connectivity index (χ3v) is 13.9. The van der Waals surface area contributed by atoms with Gasteiger partial charge in [-0.1, -0.05) is 262 Å². The molecule has 6 heteroatoms. The van der Waals surface area contributed by atoms with E-state index in [0.29, 0.717) is 19.4 Å². The van der Waals surface area contributed by atoms with Crippen molar-refractivity contribution in [2.75, 3.05) is 13.2 Å². The van der Waals surface area contributed by atoms with E-state index in [0.717, 1.165) is 51.4 Å². The molecule has 0 rings (SSSR count). The summed E-state index contributed by atoms with van der Waals surface area (Å²) in [6, 6.07) is -0.633. The van der Waals surface area contributed by atoms with Crippen LogP contribution in [0.4, 0.5) is 0 Å². The Balaban J connectivity index is 3.42. The van der Waals surface area contributed by atoms with Gasteiger partial charge in [0.15, 0.2) is 0 Å². The molecule has 0 aliphatic heterocycles. The van der Waals surface area contributed by atoms with Gasteiger partial charge in [0.1, 0.15) is 0 Å². The molecule has 0 aromatic carbocycles. The number of carbonyl (C=O) groups excluding carboxylic acids is 2. The molecular weight excluding hydrogens is 839 g/mol. The van der Waals surface area contributed by atoms with Crippen LogP contribution in [0.3, 0.4) is 0 Å². The average Bonchev–Trinajstić information content (AvgIpc) is 3.34. The minimum Gasteiger partial charge on any atom is -0.466 e. The van der Waals surface area contributed by atoms with E-state index in [4.69, 9.17) is 4.74 Å². The van der Waals surface area contributed by atoms with Crippen molar-refractivity contribution in [3.8, 4) is 0 Å². The van der Waals surface area contributed by atoms with Crippen LogP contribution in [0.15, 0.2) is 36.5 Å². The van der Waals surface area contributed by atoms with Gasteiger partial charge in [-0.05, 0) is 83.5 Å². The molecule has 0 aromatic heterocycles. The molecule has 0 bridgehead atoms. The molecular formula is C62H117NO5. The Labute approximate surface area is 424 Å². The molecule has 0 aliphatic carbocycles. The summed E-state index contributed by atoms with van der Waals surface area (Å²) >= 11 is 0. The second-order valence-electron chi connectivity index (χ2n) is 20.7. The third-order valence-electron chi connectivity index (χ3n) is 13.9. The number of ether oxygens (including phenoxy) is 1. The van der Waals surface area contributed by atoms with Gasteiger partial charge >= 0.3 is 5.97 Å². The van der Waals surface area contributed by atoms with Gasteiger partial charge in [0, 0.05) is 12.8 Å². The second kappa shape index (κ2) is 57.7. The van der Waals surface area contributed by atoms with Crippen molar-refractivity contribution in [2.45, 2.75) is 334 Å². The Kier molecular flexibility index (Phi) is 56.0. The predicted octanol–water partition coefficient (Wildman–Crippen LogP) is 18.8. The fourth-order valence-electron chi connectivity index (χ4n) is 9.21. The van der Waals surface area contributed by atoms with Crippen molar-refractivity contribution in [1.29, 1.82) is 0 Å². The number of hydrogen-bond acceptors (Lipinski definition) is 5. The van der Waals surface area contributed by atoms with Crippen LogP contribution >= 0.6 is 0 Å². The standard InChI is InChI=1S/C62H117NO5/c1-3-5-7-9-11-13-15-17-18-19-26-29-32-36-40-44-48-52-56-62(67)68-57-53-49-45-41-37-33-30-27-24-22-20-21-23-25-28-31-35-39-43-47-51-55-61(66)63-59(58-64)60(65)54-50-46-42-38-34-16-14-12-10-8-6-4-2/h18-19,21,23,50,54,59-60,64-65H,3-17,20,22,24-49,51-53,55-58H2,1-2H3,(H,63,66)/b19-18-,23-21-,54-50+. The van der Waals surface area contributed by atoms with E-state index in [1.165, 1.54) is 244 Å². The van der Waals surface area contributed by atoms with Crippen molar-refractivity contribution >= 4 is 11.9 Å². The summed E-state index contributed by atoms with van der Waals surface area (Å²) < 4.78 is 5.49. The summed E-state index contributed by atoms with van der Waals surface area (Å²) in [5.41, 5.74) is 0. The SMILES string of the molecule is CCCCCCCCC/C=C\CCCCCCCCCC(=O)OCCCCCCCCCCCC/C=C\CCCCCCCCCC(=O)NC(CO)C(O)/C=C/CCCCCCCCCCCC. The van der Waals surface area contributed by atoms with E-state index in [1.807, 2.05) is 6.08 Å². The van der Waals surface area contributed by atoms with Crippen LogP contribution in [0.2, 0.25) is 0 Å². The predicted molar refractivity (Wildman–Crippen MR) is 296 cm³/mol. The fourth-order valence-corrected chi connectivity index (χ4v) is 9.21. The summed E-state index contributed by atoms with van der Waals surface area (Å²) in [5.74, 6) is -0.0719. The molecule has 0 aromatic rings. The number of nitrogens with one attached hydrogen (secondary N) is 1. The van der Waals surface area contributed by atoms with Crippen molar-refractivity contribution in [2.24, 2.45) is 0 Å². The molecule has 2 atom stereocenters. The number of allylic oxidation sites excluding steroid dienone is 5. The zero-order valence-electron chi connectivity index (χ0n) is 45.6. The lowest BCUT2D eigenvalue weighted by molar-refractivity contribution is -0.143. The Hall–Kier alpha value is -1.92. The third kappa shape index (κ3) is 53.4. The number of unbranched alkanes of at least 4 members (excludes halogenated alkanes) is 41. The Morgan fingerprint density at radius 2 is 0.691 bits per heavy atom. The number of hydrogen-bond donors (Lipinski definition) is 3. The van der Waals surface area contributed by atoms with Gasteiger partial charge in [0.2, 0.25) is 5.91 Å². The number of esters is 1. The summed E-state index contributed by atoms with van der Waals surface area (Å²) in [6.07, 6.45) is 71.8. The molecule has 0 saturated carbocycles. The van der Waals surface area contributed by atoms with E-state index in [2.05, 4.69) is 43.5 Å². The highest BCUT2D eigenvalue weighted by Gasteiger charge is 2.18. The van der Waals surface area contributed by atoms with Gasteiger partial charge in [-0.25, -0.2) is 0 Å². The van der Waals surface area contributed by atoms with E-state index < -0.39 is 12.1 Å². The number of aliphatic hydroxyl groups is 2. The quantitative estimate of drug-likeness (QED) is 0.0321. The molecule has 0 spiro atoms. The van der Waals surface area contributed by atoms with Crippen LogP contribution in [0.5, 0.6) is 0 Å². The molecule has 1 amide bonds. The van der Waals surface area contributed by atoms with Gasteiger partial charge < -0.3 is 20.3 Å². The Morgan fingerprint density at radius 1 is 0.397 bits per heavy atom. The summed E-state index contributed by atoms with van der Waals surface area (Å²) in [6.45, 7) is 4.89. The van der Waals surface area contributed by atoms with Crippen molar-refractivity contribution in [1.82, 2.24) is 5.32 Å².